The summed E-state index contributed by atoms with van der Waals surface area (Å²) in [6.45, 7) is 2.78. The van der Waals surface area contributed by atoms with Gasteiger partial charge in [-0.3, -0.25) is 9.78 Å². The third kappa shape index (κ3) is 5.46. The Bertz CT molecular complexity index is 871. The number of benzene rings is 1. The quantitative estimate of drug-likeness (QED) is 0.602. The third-order valence-electron chi connectivity index (χ3n) is 6.50. The van der Waals surface area contributed by atoms with E-state index >= 15 is 0 Å². The first-order chi connectivity index (χ1) is 14.6. The number of fused-ring (bicyclic) bond motifs is 1. The SMILES string of the molecule is COc1ccc2nccc(CCC[C@@H]3CCN(CCSC4CC4)C[C@@H]3C(=O)O)c2c1. The lowest BCUT2D eigenvalue weighted by atomic mass is 9.81. The number of likely N-dealkylation sites (tertiary alicyclic amines) is 1. The van der Waals surface area contributed by atoms with E-state index in [9.17, 15) is 9.90 Å². The van der Waals surface area contributed by atoms with Crippen molar-refractivity contribution in [2.45, 2.75) is 43.8 Å². The molecule has 6 heteroatoms. The van der Waals surface area contributed by atoms with Gasteiger partial charge in [0.05, 0.1) is 18.5 Å². The largest absolute Gasteiger partial charge is 0.497 e. The minimum atomic E-state index is -0.626. The Hall–Kier alpha value is -1.79. The fraction of sp³-hybridized carbons (Fsp3) is 0.583. The zero-order valence-corrected chi connectivity index (χ0v) is 18.6. The van der Waals surface area contributed by atoms with Crippen LogP contribution in [0.4, 0.5) is 0 Å². The highest BCUT2D eigenvalue weighted by atomic mass is 32.2. The van der Waals surface area contributed by atoms with Gasteiger partial charge in [-0.25, -0.2) is 0 Å². The number of aryl methyl sites for hydroxylation is 1. The van der Waals surface area contributed by atoms with E-state index in [1.807, 2.05) is 18.3 Å². The second-order valence-corrected chi connectivity index (χ2v) is 10.0. The van der Waals surface area contributed by atoms with Gasteiger partial charge in [-0.2, -0.15) is 11.8 Å². The molecule has 0 spiro atoms. The molecule has 162 valence electrons. The smallest absolute Gasteiger partial charge is 0.308 e. The second-order valence-electron chi connectivity index (χ2n) is 8.61. The Morgan fingerprint density at radius 1 is 1.30 bits per heavy atom. The first kappa shape index (κ1) is 21.4. The van der Waals surface area contributed by atoms with Crippen LogP contribution in [-0.4, -0.2) is 58.7 Å². The monoisotopic (exact) mass is 428 g/mol. The highest BCUT2D eigenvalue weighted by Crippen LogP contribution is 2.34. The number of aliphatic carboxylic acids is 1. The van der Waals surface area contributed by atoms with Gasteiger partial charge in [-0.05, 0) is 80.8 Å². The lowest BCUT2D eigenvalue weighted by Crippen LogP contribution is -2.44. The van der Waals surface area contributed by atoms with Crippen molar-refractivity contribution in [1.82, 2.24) is 9.88 Å². The van der Waals surface area contributed by atoms with E-state index in [4.69, 9.17) is 4.74 Å². The van der Waals surface area contributed by atoms with Crippen LogP contribution in [0.25, 0.3) is 10.9 Å². The lowest BCUT2D eigenvalue weighted by Gasteiger charge is -2.36. The Labute approximate surface area is 183 Å². The molecule has 0 amide bonds. The number of rotatable bonds is 10. The molecule has 5 nitrogen and oxygen atoms in total. The van der Waals surface area contributed by atoms with Crippen molar-refractivity contribution in [3.05, 3.63) is 36.0 Å². The molecule has 2 fully saturated rings. The topological polar surface area (TPSA) is 62.7 Å². The van der Waals surface area contributed by atoms with E-state index in [1.165, 1.54) is 18.4 Å². The molecule has 1 aromatic heterocycles. The van der Waals surface area contributed by atoms with Crippen molar-refractivity contribution >= 4 is 28.6 Å². The van der Waals surface area contributed by atoms with Crippen LogP contribution in [0.3, 0.4) is 0 Å². The number of carboxylic acid groups (broad SMARTS) is 1. The summed E-state index contributed by atoms with van der Waals surface area (Å²) in [5.41, 5.74) is 2.24. The number of hydrogen-bond acceptors (Lipinski definition) is 5. The van der Waals surface area contributed by atoms with Gasteiger partial charge < -0.3 is 14.7 Å². The Morgan fingerprint density at radius 2 is 2.17 bits per heavy atom. The Kier molecular flexibility index (Phi) is 7.16. The van der Waals surface area contributed by atoms with Gasteiger partial charge in [-0.15, -0.1) is 0 Å². The van der Waals surface area contributed by atoms with Crippen LogP contribution in [-0.2, 0) is 11.2 Å². The van der Waals surface area contributed by atoms with E-state index in [-0.39, 0.29) is 11.8 Å². The number of methoxy groups -OCH3 is 1. The van der Waals surface area contributed by atoms with Crippen molar-refractivity contribution in [2.24, 2.45) is 11.8 Å². The van der Waals surface area contributed by atoms with E-state index in [0.717, 1.165) is 66.4 Å². The minimum absolute atomic E-state index is 0.237. The molecule has 2 heterocycles. The Morgan fingerprint density at radius 3 is 2.93 bits per heavy atom. The van der Waals surface area contributed by atoms with Gasteiger partial charge in [0.1, 0.15) is 5.75 Å². The molecular weight excluding hydrogens is 396 g/mol. The number of carboxylic acids is 1. The number of carbonyl (C=O) groups is 1. The van der Waals surface area contributed by atoms with Crippen LogP contribution < -0.4 is 4.74 Å². The van der Waals surface area contributed by atoms with Crippen LogP contribution in [0.1, 0.15) is 37.7 Å². The highest BCUT2D eigenvalue weighted by Gasteiger charge is 2.34. The summed E-state index contributed by atoms with van der Waals surface area (Å²) in [4.78, 5) is 18.8. The van der Waals surface area contributed by atoms with Crippen LogP contribution in [0, 0.1) is 11.8 Å². The normalized spacial score (nSPS) is 22.3. The lowest BCUT2D eigenvalue weighted by molar-refractivity contribution is -0.146. The molecule has 2 aromatic rings. The number of nitrogens with zero attached hydrogens (tertiary/aromatic N) is 2. The number of thioether (sulfide) groups is 1. The standard InChI is InChI=1S/C24H32N2O3S/c1-29-19-5-8-23-21(15-19)17(9-11-25-23)3-2-4-18-10-12-26(16-22(18)24(27)28)13-14-30-20-6-7-20/h5,8-9,11,15,18,20,22H,2-4,6-7,10,12-14,16H2,1H3,(H,27,28)/t18-,22+/m1/s1. The number of pyridine rings is 1. The van der Waals surface area contributed by atoms with E-state index in [1.54, 1.807) is 7.11 Å². The molecular formula is C24H32N2O3S. The zero-order valence-electron chi connectivity index (χ0n) is 17.8. The first-order valence-corrected chi connectivity index (χ1v) is 12.2. The van der Waals surface area contributed by atoms with Crippen LogP contribution in [0.5, 0.6) is 5.75 Å². The second kappa shape index (κ2) is 10.0. The molecule has 2 atom stereocenters. The maximum atomic E-state index is 11.9. The van der Waals surface area contributed by atoms with Crippen molar-refractivity contribution < 1.29 is 14.6 Å². The first-order valence-electron chi connectivity index (χ1n) is 11.1. The Balaban J connectivity index is 1.31. The van der Waals surface area contributed by atoms with Gasteiger partial charge in [-0.1, -0.05) is 0 Å². The predicted molar refractivity (Wildman–Crippen MR) is 122 cm³/mol. The summed E-state index contributed by atoms with van der Waals surface area (Å²) < 4.78 is 5.37. The van der Waals surface area contributed by atoms with Gasteiger partial charge in [0, 0.05) is 35.7 Å². The van der Waals surface area contributed by atoms with Crippen molar-refractivity contribution in [1.29, 1.82) is 0 Å². The zero-order chi connectivity index (χ0) is 20.9. The summed E-state index contributed by atoms with van der Waals surface area (Å²) >= 11 is 2.06. The van der Waals surface area contributed by atoms with Crippen molar-refractivity contribution in [3.63, 3.8) is 0 Å². The van der Waals surface area contributed by atoms with Crippen molar-refractivity contribution in [2.75, 3.05) is 32.5 Å². The highest BCUT2D eigenvalue weighted by molar-refractivity contribution is 8.00. The molecule has 1 aliphatic heterocycles. The third-order valence-corrected chi connectivity index (χ3v) is 7.86. The van der Waals surface area contributed by atoms with E-state index in [0.29, 0.717) is 6.54 Å². The number of aromatic nitrogens is 1. The summed E-state index contributed by atoms with van der Waals surface area (Å²) in [7, 11) is 1.68. The maximum Gasteiger partial charge on any atom is 0.308 e. The fourth-order valence-electron chi connectivity index (χ4n) is 4.56. The molecule has 1 aliphatic carbocycles. The molecule has 1 saturated carbocycles. The molecule has 30 heavy (non-hydrogen) atoms. The minimum Gasteiger partial charge on any atom is -0.497 e. The molecule has 1 N–H and O–H groups in total. The average Bonchev–Trinajstić information content (AvgIpc) is 3.58. The predicted octanol–water partition coefficient (Wildman–Crippen LogP) is 4.48. The molecule has 1 aromatic carbocycles. The number of piperidine rings is 1. The molecule has 4 rings (SSSR count). The molecule has 1 saturated heterocycles. The summed E-state index contributed by atoms with van der Waals surface area (Å²) in [5, 5.41) is 11.8. The molecule has 2 aliphatic rings. The van der Waals surface area contributed by atoms with Crippen LogP contribution in [0.2, 0.25) is 0 Å². The van der Waals surface area contributed by atoms with Gasteiger partial charge in [0.25, 0.3) is 0 Å². The average molecular weight is 429 g/mol. The van der Waals surface area contributed by atoms with E-state index in [2.05, 4.69) is 33.8 Å². The summed E-state index contributed by atoms with van der Waals surface area (Å²) in [5.74, 6) is 1.39. The molecule has 0 unspecified atom stereocenters. The fourth-order valence-corrected chi connectivity index (χ4v) is 5.73. The molecule has 0 bridgehead atoms. The van der Waals surface area contributed by atoms with Gasteiger partial charge in [0.2, 0.25) is 0 Å². The number of ether oxygens (including phenoxy) is 1. The number of hydrogen-bond donors (Lipinski definition) is 1. The summed E-state index contributed by atoms with van der Waals surface area (Å²) in [6, 6.07) is 8.06. The van der Waals surface area contributed by atoms with E-state index < -0.39 is 5.97 Å². The van der Waals surface area contributed by atoms with Crippen LogP contribution in [0.15, 0.2) is 30.5 Å². The van der Waals surface area contributed by atoms with Crippen molar-refractivity contribution in [3.8, 4) is 5.75 Å². The van der Waals surface area contributed by atoms with Gasteiger partial charge >= 0.3 is 5.97 Å². The van der Waals surface area contributed by atoms with Crippen LogP contribution >= 0.6 is 11.8 Å². The van der Waals surface area contributed by atoms with Gasteiger partial charge in [0.15, 0.2) is 0 Å². The summed E-state index contributed by atoms with van der Waals surface area (Å²) in [6.07, 6.45) is 8.50. The molecule has 0 radical (unpaired) electrons. The maximum absolute atomic E-state index is 11.9.